The van der Waals surface area contributed by atoms with Crippen molar-refractivity contribution in [2.45, 2.75) is 38.2 Å². The number of rotatable bonds is 6. The summed E-state index contributed by atoms with van der Waals surface area (Å²) < 4.78 is 5.93. The van der Waals surface area contributed by atoms with Gasteiger partial charge in [-0.3, -0.25) is 4.98 Å². The van der Waals surface area contributed by atoms with Crippen LogP contribution in [-0.2, 0) is 0 Å². The second-order valence-electron chi connectivity index (χ2n) is 5.12. The minimum atomic E-state index is 0.320. The van der Waals surface area contributed by atoms with Crippen molar-refractivity contribution in [1.82, 2.24) is 15.3 Å². The first-order valence-electron chi connectivity index (χ1n) is 7.14. The average Bonchev–Trinajstić information content (AvgIpc) is 2.46. The largest absolute Gasteiger partial charge is 0.473 e. The molecule has 0 aromatic carbocycles. The van der Waals surface area contributed by atoms with Gasteiger partial charge in [-0.1, -0.05) is 6.42 Å². The van der Waals surface area contributed by atoms with Gasteiger partial charge < -0.3 is 15.0 Å². The third kappa shape index (κ3) is 4.35. The molecule has 1 saturated carbocycles. The molecule has 0 aliphatic heterocycles. The van der Waals surface area contributed by atoms with Crippen molar-refractivity contribution in [2.24, 2.45) is 0 Å². The van der Waals surface area contributed by atoms with Crippen LogP contribution in [0.1, 0.15) is 32.1 Å². The maximum absolute atomic E-state index is 5.93. The van der Waals surface area contributed by atoms with Gasteiger partial charge in [0.05, 0.1) is 12.4 Å². The van der Waals surface area contributed by atoms with Crippen LogP contribution in [0.3, 0.4) is 0 Å². The second kappa shape index (κ2) is 7.28. The number of ether oxygens (including phenoxy) is 1. The normalized spacial score (nSPS) is 16.3. The molecule has 5 heteroatoms. The lowest BCUT2D eigenvalue weighted by Gasteiger charge is -2.23. The average molecular weight is 264 g/mol. The molecule has 1 N–H and O–H groups in total. The van der Waals surface area contributed by atoms with Gasteiger partial charge in [-0.2, -0.15) is 4.98 Å². The molecule has 1 aliphatic rings. The molecule has 0 amide bonds. The van der Waals surface area contributed by atoms with E-state index >= 15 is 0 Å². The molecule has 0 saturated heterocycles. The van der Waals surface area contributed by atoms with Gasteiger partial charge in [0.2, 0.25) is 5.88 Å². The van der Waals surface area contributed by atoms with E-state index in [4.69, 9.17) is 4.74 Å². The van der Waals surface area contributed by atoms with Crippen LogP contribution >= 0.6 is 0 Å². The number of likely N-dealkylation sites (N-methyl/N-ethyl adjacent to an activating group) is 2. The first-order chi connectivity index (χ1) is 9.29. The highest BCUT2D eigenvalue weighted by molar-refractivity contribution is 5.36. The molecule has 1 fully saturated rings. The molecular formula is C14H24N4O. The fourth-order valence-electron chi connectivity index (χ4n) is 2.33. The molecule has 1 aromatic heterocycles. The summed E-state index contributed by atoms with van der Waals surface area (Å²) in [6, 6.07) is 0. The molecule has 0 atom stereocenters. The van der Waals surface area contributed by atoms with Gasteiger partial charge in [0.25, 0.3) is 0 Å². The molecule has 1 heterocycles. The Kier molecular flexibility index (Phi) is 5.39. The highest BCUT2D eigenvalue weighted by atomic mass is 16.5. The third-order valence-corrected chi connectivity index (χ3v) is 3.53. The van der Waals surface area contributed by atoms with Crippen LogP contribution in [-0.4, -0.2) is 43.3 Å². The van der Waals surface area contributed by atoms with Crippen LogP contribution in [0, 0.1) is 0 Å². The summed E-state index contributed by atoms with van der Waals surface area (Å²) in [4.78, 5) is 10.8. The predicted molar refractivity (Wildman–Crippen MR) is 76.7 cm³/mol. The molecule has 19 heavy (non-hydrogen) atoms. The summed E-state index contributed by atoms with van der Waals surface area (Å²) in [5.74, 6) is 1.52. The van der Waals surface area contributed by atoms with Crippen molar-refractivity contribution < 1.29 is 4.74 Å². The van der Waals surface area contributed by atoms with Crippen LogP contribution in [0.2, 0.25) is 0 Å². The Labute approximate surface area is 115 Å². The molecular weight excluding hydrogens is 240 g/mol. The Morgan fingerprint density at radius 1 is 1.32 bits per heavy atom. The van der Waals surface area contributed by atoms with Crippen molar-refractivity contribution in [3.63, 3.8) is 0 Å². The topological polar surface area (TPSA) is 50.3 Å². The fraction of sp³-hybridized carbons (Fsp3) is 0.714. The Balaban J connectivity index is 1.93. The summed E-state index contributed by atoms with van der Waals surface area (Å²) >= 11 is 0. The van der Waals surface area contributed by atoms with Gasteiger partial charge in [-0.25, -0.2) is 0 Å². The Bertz CT molecular complexity index is 379. The zero-order valence-electron chi connectivity index (χ0n) is 11.9. The van der Waals surface area contributed by atoms with E-state index in [0.717, 1.165) is 31.7 Å². The lowest BCUT2D eigenvalue weighted by Crippen LogP contribution is -2.28. The first kappa shape index (κ1) is 14.1. The number of anilines is 1. The van der Waals surface area contributed by atoms with Crippen molar-refractivity contribution in [3.05, 3.63) is 12.4 Å². The van der Waals surface area contributed by atoms with E-state index < -0.39 is 0 Å². The molecule has 5 nitrogen and oxygen atoms in total. The standard InChI is InChI=1S/C14H24N4O/c1-15-8-9-18(2)13-10-16-11-14(17-13)19-12-6-4-3-5-7-12/h10-12,15H,3-9H2,1-2H3. The predicted octanol–water partition coefficient (Wildman–Crippen LogP) is 1.84. The summed E-state index contributed by atoms with van der Waals surface area (Å²) in [5.41, 5.74) is 0. The van der Waals surface area contributed by atoms with Crippen LogP contribution in [0.15, 0.2) is 12.4 Å². The number of hydrogen-bond acceptors (Lipinski definition) is 5. The van der Waals surface area contributed by atoms with Crippen LogP contribution < -0.4 is 15.0 Å². The first-order valence-corrected chi connectivity index (χ1v) is 7.14. The van der Waals surface area contributed by atoms with E-state index in [9.17, 15) is 0 Å². The Morgan fingerprint density at radius 2 is 2.11 bits per heavy atom. The summed E-state index contributed by atoms with van der Waals surface area (Å²) in [7, 11) is 3.97. The number of hydrogen-bond donors (Lipinski definition) is 1. The van der Waals surface area contributed by atoms with E-state index in [1.165, 1.54) is 19.3 Å². The monoisotopic (exact) mass is 264 g/mol. The van der Waals surface area contributed by atoms with Crippen molar-refractivity contribution in [2.75, 3.05) is 32.1 Å². The Morgan fingerprint density at radius 3 is 2.84 bits per heavy atom. The number of nitrogens with zero attached hydrogens (tertiary/aromatic N) is 3. The maximum Gasteiger partial charge on any atom is 0.234 e. The molecule has 0 bridgehead atoms. The molecule has 2 rings (SSSR count). The third-order valence-electron chi connectivity index (χ3n) is 3.53. The van der Waals surface area contributed by atoms with E-state index in [1.807, 2.05) is 14.1 Å². The van der Waals surface area contributed by atoms with Gasteiger partial charge in [0, 0.05) is 20.1 Å². The van der Waals surface area contributed by atoms with Gasteiger partial charge in [-0.15, -0.1) is 0 Å². The minimum absolute atomic E-state index is 0.320. The quantitative estimate of drug-likeness (QED) is 0.849. The molecule has 1 aromatic rings. The highest BCUT2D eigenvalue weighted by Crippen LogP contribution is 2.22. The zero-order valence-corrected chi connectivity index (χ0v) is 11.9. The fourth-order valence-corrected chi connectivity index (χ4v) is 2.33. The second-order valence-corrected chi connectivity index (χ2v) is 5.12. The van der Waals surface area contributed by atoms with Crippen LogP contribution in [0.4, 0.5) is 5.82 Å². The number of aromatic nitrogens is 2. The summed E-state index contributed by atoms with van der Waals surface area (Å²) in [6.45, 7) is 1.82. The molecule has 106 valence electrons. The summed E-state index contributed by atoms with van der Waals surface area (Å²) in [5, 5.41) is 3.13. The molecule has 0 unspecified atom stereocenters. The smallest absolute Gasteiger partial charge is 0.234 e. The van der Waals surface area contributed by atoms with Gasteiger partial charge in [-0.05, 0) is 32.7 Å². The molecule has 0 spiro atoms. The maximum atomic E-state index is 5.93. The highest BCUT2D eigenvalue weighted by Gasteiger charge is 2.16. The summed E-state index contributed by atoms with van der Waals surface area (Å²) in [6.07, 6.45) is 9.95. The van der Waals surface area contributed by atoms with Crippen LogP contribution in [0.25, 0.3) is 0 Å². The van der Waals surface area contributed by atoms with Gasteiger partial charge in [0.1, 0.15) is 6.10 Å². The number of nitrogens with one attached hydrogen (secondary N) is 1. The SMILES string of the molecule is CNCCN(C)c1cncc(OC2CCCCC2)n1. The van der Waals surface area contributed by atoms with Crippen molar-refractivity contribution in [3.8, 4) is 5.88 Å². The van der Waals surface area contributed by atoms with Crippen molar-refractivity contribution in [1.29, 1.82) is 0 Å². The van der Waals surface area contributed by atoms with E-state index in [-0.39, 0.29) is 0 Å². The van der Waals surface area contributed by atoms with E-state index in [2.05, 4.69) is 20.2 Å². The van der Waals surface area contributed by atoms with Crippen LogP contribution in [0.5, 0.6) is 5.88 Å². The minimum Gasteiger partial charge on any atom is -0.473 e. The zero-order chi connectivity index (χ0) is 13.5. The Hall–Kier alpha value is -1.36. The molecule has 1 aliphatic carbocycles. The van der Waals surface area contributed by atoms with E-state index in [0.29, 0.717) is 12.0 Å². The molecule has 0 radical (unpaired) electrons. The van der Waals surface area contributed by atoms with Gasteiger partial charge in [0.15, 0.2) is 5.82 Å². The van der Waals surface area contributed by atoms with Gasteiger partial charge >= 0.3 is 0 Å². The lowest BCUT2D eigenvalue weighted by molar-refractivity contribution is 0.148. The lowest BCUT2D eigenvalue weighted by atomic mass is 9.98. The van der Waals surface area contributed by atoms with Crippen molar-refractivity contribution >= 4 is 5.82 Å². The van der Waals surface area contributed by atoms with E-state index in [1.54, 1.807) is 12.4 Å².